The lowest BCUT2D eigenvalue weighted by atomic mass is 9.89. The topological polar surface area (TPSA) is 38.3 Å². The molecule has 3 heteroatoms. The summed E-state index contributed by atoms with van der Waals surface area (Å²) in [5, 5.41) is 2.97. The highest BCUT2D eigenvalue weighted by atomic mass is 16.5. The molecular formula is C18H37NO2. The minimum Gasteiger partial charge on any atom is -0.380 e. The summed E-state index contributed by atoms with van der Waals surface area (Å²) in [7, 11) is 0. The minimum atomic E-state index is 0.110. The zero-order chi connectivity index (χ0) is 16.4. The average Bonchev–Trinajstić information content (AvgIpc) is 2.33. The predicted molar refractivity (Wildman–Crippen MR) is 90.4 cm³/mol. The van der Waals surface area contributed by atoms with Gasteiger partial charge in [-0.2, -0.15) is 0 Å². The second-order valence-electron chi connectivity index (χ2n) is 8.08. The molecule has 0 bridgehead atoms. The van der Waals surface area contributed by atoms with Gasteiger partial charge in [-0.25, -0.2) is 0 Å². The van der Waals surface area contributed by atoms with Crippen molar-refractivity contribution in [2.24, 2.45) is 10.8 Å². The highest BCUT2D eigenvalue weighted by Crippen LogP contribution is 2.22. The van der Waals surface area contributed by atoms with E-state index in [0.29, 0.717) is 18.4 Å². The van der Waals surface area contributed by atoms with Gasteiger partial charge >= 0.3 is 0 Å². The molecule has 0 aromatic heterocycles. The summed E-state index contributed by atoms with van der Waals surface area (Å²) < 4.78 is 5.63. The van der Waals surface area contributed by atoms with Gasteiger partial charge in [0, 0.05) is 13.0 Å². The Bertz CT molecular complexity index is 279. The Hall–Kier alpha value is -0.570. The Balaban J connectivity index is 3.51. The van der Waals surface area contributed by atoms with E-state index in [0.717, 1.165) is 26.0 Å². The monoisotopic (exact) mass is 299 g/mol. The van der Waals surface area contributed by atoms with Gasteiger partial charge < -0.3 is 10.1 Å². The molecule has 0 heterocycles. The van der Waals surface area contributed by atoms with E-state index in [9.17, 15) is 4.79 Å². The number of hydrogen-bond acceptors (Lipinski definition) is 2. The molecule has 0 aliphatic rings. The molecule has 0 fully saturated rings. The van der Waals surface area contributed by atoms with E-state index in [1.165, 1.54) is 19.3 Å². The summed E-state index contributed by atoms with van der Waals surface area (Å²) in [6.07, 6.45) is 6.25. The van der Waals surface area contributed by atoms with Crippen molar-refractivity contribution in [2.75, 3.05) is 19.8 Å². The number of carbonyl (C=O) groups excluding carboxylic acids is 1. The highest BCUT2D eigenvalue weighted by Gasteiger charge is 2.16. The van der Waals surface area contributed by atoms with Crippen molar-refractivity contribution in [2.45, 2.75) is 80.1 Å². The fraction of sp³-hybridized carbons (Fsp3) is 0.944. The molecule has 0 saturated heterocycles. The molecular weight excluding hydrogens is 262 g/mol. The SMILES string of the molecule is CCCC(C)(C)COCCC(=O)NCCCCC(C)(C)C. The van der Waals surface area contributed by atoms with Gasteiger partial charge in [0.15, 0.2) is 0 Å². The molecule has 0 aromatic rings. The number of rotatable bonds is 11. The van der Waals surface area contributed by atoms with Gasteiger partial charge in [0.05, 0.1) is 13.2 Å². The Kier molecular flexibility index (Phi) is 9.93. The Morgan fingerprint density at radius 2 is 1.71 bits per heavy atom. The zero-order valence-electron chi connectivity index (χ0n) is 15.2. The molecule has 0 aliphatic carbocycles. The molecule has 0 aliphatic heterocycles. The summed E-state index contributed by atoms with van der Waals surface area (Å²) in [6.45, 7) is 15.4. The molecule has 0 saturated carbocycles. The van der Waals surface area contributed by atoms with Crippen molar-refractivity contribution >= 4 is 5.91 Å². The Morgan fingerprint density at radius 3 is 2.29 bits per heavy atom. The van der Waals surface area contributed by atoms with Crippen LogP contribution in [0.1, 0.15) is 80.1 Å². The first-order chi connectivity index (χ1) is 9.66. The lowest BCUT2D eigenvalue weighted by molar-refractivity contribution is -0.122. The molecule has 3 nitrogen and oxygen atoms in total. The quantitative estimate of drug-likeness (QED) is 0.568. The van der Waals surface area contributed by atoms with E-state index in [-0.39, 0.29) is 11.3 Å². The molecule has 1 N–H and O–H groups in total. The number of unbranched alkanes of at least 4 members (excludes halogenated alkanes) is 1. The van der Waals surface area contributed by atoms with Gasteiger partial charge in [-0.05, 0) is 30.1 Å². The second-order valence-corrected chi connectivity index (χ2v) is 8.08. The van der Waals surface area contributed by atoms with Gasteiger partial charge in [0.1, 0.15) is 0 Å². The smallest absolute Gasteiger partial charge is 0.222 e. The van der Waals surface area contributed by atoms with E-state index < -0.39 is 0 Å². The first-order valence-corrected chi connectivity index (χ1v) is 8.51. The minimum absolute atomic E-state index is 0.110. The van der Waals surface area contributed by atoms with Crippen LogP contribution in [0.4, 0.5) is 0 Å². The maximum Gasteiger partial charge on any atom is 0.222 e. The number of hydrogen-bond donors (Lipinski definition) is 1. The number of ether oxygens (including phenoxy) is 1. The molecule has 0 atom stereocenters. The van der Waals surface area contributed by atoms with Crippen LogP contribution in [0.2, 0.25) is 0 Å². The van der Waals surface area contributed by atoms with Gasteiger partial charge in [-0.15, -0.1) is 0 Å². The molecule has 21 heavy (non-hydrogen) atoms. The van der Waals surface area contributed by atoms with Crippen molar-refractivity contribution in [3.8, 4) is 0 Å². The fourth-order valence-corrected chi connectivity index (χ4v) is 2.36. The molecule has 0 radical (unpaired) electrons. The summed E-state index contributed by atoms with van der Waals surface area (Å²) in [5.41, 5.74) is 0.612. The van der Waals surface area contributed by atoms with Crippen LogP contribution in [-0.2, 0) is 9.53 Å². The van der Waals surface area contributed by atoms with Crippen molar-refractivity contribution < 1.29 is 9.53 Å². The summed E-state index contributed by atoms with van der Waals surface area (Å²) >= 11 is 0. The van der Waals surface area contributed by atoms with E-state index in [4.69, 9.17) is 4.74 Å². The molecule has 0 unspecified atom stereocenters. The predicted octanol–water partition coefficient (Wildman–Crippen LogP) is 4.55. The largest absolute Gasteiger partial charge is 0.380 e. The van der Waals surface area contributed by atoms with Crippen molar-refractivity contribution in [1.29, 1.82) is 0 Å². The number of carbonyl (C=O) groups is 1. The average molecular weight is 299 g/mol. The van der Waals surface area contributed by atoms with E-state index >= 15 is 0 Å². The van der Waals surface area contributed by atoms with Gasteiger partial charge in [-0.1, -0.05) is 54.4 Å². The lowest BCUT2D eigenvalue weighted by Gasteiger charge is -2.23. The third-order valence-electron chi connectivity index (χ3n) is 3.57. The molecule has 0 aromatic carbocycles. The molecule has 0 spiro atoms. The zero-order valence-corrected chi connectivity index (χ0v) is 15.2. The Morgan fingerprint density at radius 1 is 1.05 bits per heavy atom. The van der Waals surface area contributed by atoms with E-state index in [1.807, 2.05) is 0 Å². The maximum absolute atomic E-state index is 11.7. The third kappa shape index (κ3) is 14.1. The van der Waals surface area contributed by atoms with Crippen LogP contribution >= 0.6 is 0 Å². The maximum atomic E-state index is 11.7. The van der Waals surface area contributed by atoms with E-state index in [1.54, 1.807) is 0 Å². The van der Waals surface area contributed by atoms with Crippen LogP contribution in [-0.4, -0.2) is 25.7 Å². The van der Waals surface area contributed by atoms with E-state index in [2.05, 4.69) is 46.9 Å². The van der Waals surface area contributed by atoms with Crippen LogP contribution < -0.4 is 5.32 Å². The first kappa shape index (κ1) is 20.4. The van der Waals surface area contributed by atoms with Crippen LogP contribution in [0.15, 0.2) is 0 Å². The van der Waals surface area contributed by atoms with Crippen LogP contribution in [0, 0.1) is 10.8 Å². The van der Waals surface area contributed by atoms with Crippen molar-refractivity contribution in [3.63, 3.8) is 0 Å². The van der Waals surface area contributed by atoms with Crippen LogP contribution in [0.25, 0.3) is 0 Å². The van der Waals surface area contributed by atoms with Gasteiger partial charge in [0.25, 0.3) is 0 Å². The third-order valence-corrected chi connectivity index (χ3v) is 3.57. The normalized spacial score (nSPS) is 12.5. The summed E-state index contributed by atoms with van der Waals surface area (Å²) in [4.78, 5) is 11.7. The van der Waals surface area contributed by atoms with Gasteiger partial charge in [-0.3, -0.25) is 4.79 Å². The summed E-state index contributed by atoms with van der Waals surface area (Å²) in [5.74, 6) is 0.110. The summed E-state index contributed by atoms with van der Waals surface area (Å²) in [6, 6.07) is 0. The Labute approximate surface area is 132 Å². The van der Waals surface area contributed by atoms with Crippen LogP contribution in [0.3, 0.4) is 0 Å². The first-order valence-electron chi connectivity index (χ1n) is 8.51. The van der Waals surface area contributed by atoms with Crippen LogP contribution in [0.5, 0.6) is 0 Å². The number of amides is 1. The molecule has 126 valence electrons. The van der Waals surface area contributed by atoms with Gasteiger partial charge in [0.2, 0.25) is 5.91 Å². The molecule has 0 rings (SSSR count). The van der Waals surface area contributed by atoms with Crippen molar-refractivity contribution in [3.05, 3.63) is 0 Å². The lowest BCUT2D eigenvalue weighted by Crippen LogP contribution is -2.26. The fourth-order valence-electron chi connectivity index (χ4n) is 2.36. The highest BCUT2D eigenvalue weighted by molar-refractivity contribution is 5.75. The standard InChI is InChI=1S/C18H37NO2/c1-7-11-18(5,6)15-21-14-10-16(20)19-13-9-8-12-17(2,3)4/h7-15H2,1-6H3,(H,19,20). The second kappa shape index (κ2) is 10.2. The van der Waals surface area contributed by atoms with Crippen molar-refractivity contribution in [1.82, 2.24) is 5.32 Å². The number of nitrogens with one attached hydrogen (secondary N) is 1. The molecule has 1 amide bonds.